The van der Waals surface area contributed by atoms with Gasteiger partial charge in [0.05, 0.1) is 19.8 Å². The number of carbonyl (C=O) groups is 2. The number of benzene rings is 2. The van der Waals surface area contributed by atoms with Crippen molar-refractivity contribution in [1.29, 1.82) is 0 Å². The Morgan fingerprint density at radius 3 is 2.50 bits per heavy atom. The number of aliphatic hydroxyl groups is 2. The van der Waals surface area contributed by atoms with Gasteiger partial charge in [0, 0.05) is 11.1 Å². The molecule has 0 atom stereocenters. The summed E-state index contributed by atoms with van der Waals surface area (Å²) in [4.78, 5) is 24.1. The maximum atomic E-state index is 12.3. The van der Waals surface area contributed by atoms with E-state index in [1.807, 2.05) is 6.07 Å². The van der Waals surface area contributed by atoms with Crippen LogP contribution in [0.2, 0.25) is 0 Å². The van der Waals surface area contributed by atoms with Gasteiger partial charge in [0.2, 0.25) is 5.75 Å². The molecule has 0 radical (unpaired) electrons. The summed E-state index contributed by atoms with van der Waals surface area (Å²) < 4.78 is 26.7. The van der Waals surface area contributed by atoms with Crippen LogP contribution in [0.25, 0.3) is 11.1 Å². The van der Waals surface area contributed by atoms with Crippen molar-refractivity contribution in [2.24, 2.45) is 5.41 Å². The summed E-state index contributed by atoms with van der Waals surface area (Å²) in [5.41, 5.74) is 1.84. The summed E-state index contributed by atoms with van der Waals surface area (Å²) in [6, 6.07) is 8.46. The summed E-state index contributed by atoms with van der Waals surface area (Å²) in [5.74, 6) is -0.239. The van der Waals surface area contributed by atoms with E-state index in [1.54, 1.807) is 18.2 Å². The number of carbonyl (C=O) groups excluding carboxylic acids is 2. The van der Waals surface area contributed by atoms with Gasteiger partial charge in [0.15, 0.2) is 11.5 Å². The van der Waals surface area contributed by atoms with Gasteiger partial charge in [0.1, 0.15) is 18.6 Å². The van der Waals surface area contributed by atoms with E-state index in [-0.39, 0.29) is 42.4 Å². The van der Waals surface area contributed by atoms with Crippen LogP contribution in [0.5, 0.6) is 17.2 Å². The van der Waals surface area contributed by atoms with Gasteiger partial charge < -0.3 is 33.9 Å². The van der Waals surface area contributed by atoms with Crippen molar-refractivity contribution < 1.29 is 43.5 Å². The first-order chi connectivity index (χ1) is 15.4. The number of aliphatic hydroxyl groups excluding tert-OH is 1. The Morgan fingerprint density at radius 1 is 1.12 bits per heavy atom. The third-order valence-electron chi connectivity index (χ3n) is 5.93. The first-order valence-electron chi connectivity index (χ1n) is 10.1. The quantitative estimate of drug-likeness (QED) is 0.467. The molecule has 2 aromatic rings. The van der Waals surface area contributed by atoms with Gasteiger partial charge in [-0.3, -0.25) is 4.79 Å². The molecule has 9 heteroatoms. The monoisotopic (exact) mass is 444 g/mol. The predicted molar refractivity (Wildman–Crippen MR) is 110 cm³/mol. The van der Waals surface area contributed by atoms with Crippen molar-refractivity contribution in [3.05, 3.63) is 41.5 Å². The zero-order valence-electron chi connectivity index (χ0n) is 17.8. The maximum Gasteiger partial charge on any atom is 0.338 e. The van der Waals surface area contributed by atoms with Crippen molar-refractivity contribution in [1.82, 2.24) is 0 Å². The largest absolute Gasteiger partial charge is 0.490 e. The minimum Gasteiger partial charge on any atom is -0.490 e. The van der Waals surface area contributed by atoms with Gasteiger partial charge in [-0.1, -0.05) is 12.5 Å². The van der Waals surface area contributed by atoms with Crippen LogP contribution in [0.1, 0.15) is 35.2 Å². The van der Waals surface area contributed by atoms with E-state index in [9.17, 15) is 19.8 Å². The van der Waals surface area contributed by atoms with Gasteiger partial charge in [-0.2, -0.15) is 0 Å². The van der Waals surface area contributed by atoms with Crippen LogP contribution in [-0.4, -0.2) is 49.5 Å². The third kappa shape index (κ3) is 3.85. The molecule has 170 valence electrons. The summed E-state index contributed by atoms with van der Waals surface area (Å²) >= 11 is 0. The Morgan fingerprint density at radius 2 is 1.88 bits per heavy atom. The van der Waals surface area contributed by atoms with E-state index in [1.165, 1.54) is 20.3 Å². The molecule has 1 saturated carbocycles. The second-order valence-corrected chi connectivity index (χ2v) is 7.78. The molecule has 0 saturated heterocycles. The summed E-state index contributed by atoms with van der Waals surface area (Å²) in [7, 11) is 2.75. The molecule has 0 aromatic heterocycles. The molecule has 32 heavy (non-hydrogen) atoms. The number of methoxy groups -OCH3 is 2. The molecule has 0 spiro atoms. The Kier molecular flexibility index (Phi) is 5.94. The summed E-state index contributed by atoms with van der Waals surface area (Å²) in [5, 5.41) is 18.5. The second-order valence-electron chi connectivity index (χ2n) is 7.78. The van der Waals surface area contributed by atoms with Gasteiger partial charge in [0.25, 0.3) is 0 Å². The van der Waals surface area contributed by atoms with Crippen LogP contribution >= 0.6 is 0 Å². The highest BCUT2D eigenvalue weighted by Crippen LogP contribution is 2.48. The minimum atomic E-state index is -2.06. The molecule has 1 heterocycles. The van der Waals surface area contributed by atoms with Crippen molar-refractivity contribution >= 4 is 11.9 Å². The molecule has 2 aliphatic rings. The lowest BCUT2D eigenvalue weighted by molar-refractivity contribution is -0.180. The first-order valence-corrected chi connectivity index (χ1v) is 10.1. The Labute approximate surface area is 184 Å². The van der Waals surface area contributed by atoms with Crippen LogP contribution in [0.4, 0.5) is 0 Å². The average molecular weight is 444 g/mol. The first kappa shape index (κ1) is 21.9. The van der Waals surface area contributed by atoms with Crippen molar-refractivity contribution in [2.75, 3.05) is 20.8 Å². The summed E-state index contributed by atoms with van der Waals surface area (Å²) in [6.45, 7) is -1.82. The van der Waals surface area contributed by atoms with Gasteiger partial charge in [-0.05, 0) is 42.7 Å². The highest BCUT2D eigenvalue weighted by molar-refractivity contribution is 5.94. The topological polar surface area (TPSA) is 121 Å². The average Bonchev–Trinajstić information content (AvgIpc) is 3.12. The third-order valence-corrected chi connectivity index (χ3v) is 5.93. The Bertz CT molecular complexity index is 1040. The molecule has 0 unspecified atom stereocenters. The van der Waals surface area contributed by atoms with Gasteiger partial charge in [-0.15, -0.1) is 0 Å². The fraction of sp³-hybridized carbons (Fsp3) is 0.391. The SMILES string of the molecule is COC(=O)C1(COc2c(-c3ccc4c(c3)COC4=O)ccc(OC(O)O)c2OC)CCC1. The number of ether oxygens (including phenoxy) is 5. The van der Waals surface area contributed by atoms with Crippen molar-refractivity contribution in [2.45, 2.75) is 32.3 Å². The molecule has 0 bridgehead atoms. The lowest BCUT2D eigenvalue weighted by atomic mass is 9.69. The van der Waals surface area contributed by atoms with E-state index >= 15 is 0 Å². The molecule has 2 aromatic carbocycles. The Balaban J connectivity index is 1.76. The molecule has 2 N–H and O–H groups in total. The molecule has 1 aliphatic carbocycles. The van der Waals surface area contributed by atoms with E-state index < -0.39 is 11.9 Å². The van der Waals surface area contributed by atoms with Crippen LogP contribution < -0.4 is 14.2 Å². The van der Waals surface area contributed by atoms with E-state index in [0.29, 0.717) is 24.0 Å². The van der Waals surface area contributed by atoms with Crippen molar-refractivity contribution in [3.8, 4) is 28.4 Å². The number of fused-ring (bicyclic) bond motifs is 1. The van der Waals surface area contributed by atoms with Crippen LogP contribution in [-0.2, 0) is 20.9 Å². The Hall–Kier alpha value is -3.30. The van der Waals surface area contributed by atoms with Gasteiger partial charge in [-0.25, -0.2) is 4.79 Å². The van der Waals surface area contributed by atoms with Gasteiger partial charge >= 0.3 is 18.4 Å². The number of hydrogen-bond acceptors (Lipinski definition) is 9. The number of cyclic esters (lactones) is 1. The standard InChI is InChI=1S/C23H24O9/c1-28-19-17(32-22(26)27)7-6-15(13-4-5-16-14(10-13)11-30-20(16)24)18(19)31-12-23(8-3-9-23)21(25)29-2/h4-7,10,22,26-27H,3,8-9,11-12H2,1-2H3. The minimum absolute atomic E-state index is 0.0563. The molecule has 1 fully saturated rings. The zero-order valence-corrected chi connectivity index (χ0v) is 17.8. The van der Waals surface area contributed by atoms with Crippen molar-refractivity contribution in [3.63, 3.8) is 0 Å². The van der Waals surface area contributed by atoms with Crippen LogP contribution in [0, 0.1) is 5.41 Å². The van der Waals surface area contributed by atoms with E-state index in [0.717, 1.165) is 17.5 Å². The lowest BCUT2D eigenvalue weighted by Crippen LogP contribution is -2.44. The number of hydrogen-bond donors (Lipinski definition) is 2. The zero-order chi connectivity index (χ0) is 22.9. The molecule has 0 amide bonds. The molecule has 9 nitrogen and oxygen atoms in total. The highest BCUT2D eigenvalue weighted by Gasteiger charge is 2.46. The fourth-order valence-corrected chi connectivity index (χ4v) is 4.05. The molecular formula is C23H24O9. The normalized spacial score (nSPS) is 16.1. The second kappa shape index (κ2) is 8.68. The van der Waals surface area contributed by atoms with E-state index in [4.69, 9.17) is 23.7 Å². The molecule has 1 aliphatic heterocycles. The fourth-order valence-electron chi connectivity index (χ4n) is 4.05. The molecule has 4 rings (SSSR count). The predicted octanol–water partition coefficient (Wildman–Crippen LogP) is 2.40. The number of rotatable bonds is 8. The smallest absolute Gasteiger partial charge is 0.338 e. The van der Waals surface area contributed by atoms with E-state index in [2.05, 4.69) is 0 Å². The number of esters is 2. The molecular weight excluding hydrogens is 420 g/mol. The van der Waals surface area contributed by atoms with Crippen LogP contribution in [0.3, 0.4) is 0 Å². The maximum absolute atomic E-state index is 12.3. The lowest BCUT2D eigenvalue weighted by Gasteiger charge is -2.38. The van der Waals surface area contributed by atoms with Crippen LogP contribution in [0.15, 0.2) is 30.3 Å². The highest BCUT2D eigenvalue weighted by atomic mass is 16.7. The summed E-state index contributed by atoms with van der Waals surface area (Å²) in [6.07, 6.45) is 2.17.